The molecule has 1 atom stereocenters. The maximum absolute atomic E-state index is 11.8. The summed E-state index contributed by atoms with van der Waals surface area (Å²) in [6.07, 6.45) is 0.887. The molecule has 2 saturated heterocycles. The molecule has 18 heavy (non-hydrogen) atoms. The molecule has 1 unspecified atom stereocenters. The number of likely N-dealkylation sites (N-methyl/N-ethyl adjacent to an activating group) is 1. The second-order valence-corrected chi connectivity index (χ2v) is 5.17. The van der Waals surface area contributed by atoms with Crippen molar-refractivity contribution in [1.29, 1.82) is 0 Å². The number of piperidine rings is 1. The Hall–Kier alpha value is -0.980. The van der Waals surface area contributed by atoms with E-state index in [9.17, 15) is 9.59 Å². The summed E-state index contributed by atoms with van der Waals surface area (Å²) in [5.74, 6) is -0.281. The van der Waals surface area contributed by atoms with Crippen LogP contribution in [0.15, 0.2) is 0 Å². The van der Waals surface area contributed by atoms with Crippen LogP contribution in [-0.2, 0) is 9.59 Å². The minimum atomic E-state index is -0.491. The van der Waals surface area contributed by atoms with Gasteiger partial charge in [-0.05, 0) is 13.5 Å². The van der Waals surface area contributed by atoms with Gasteiger partial charge in [-0.25, -0.2) is 0 Å². The van der Waals surface area contributed by atoms with Crippen LogP contribution in [0.1, 0.15) is 12.8 Å². The number of hydrogen-bond donors (Lipinski definition) is 1. The summed E-state index contributed by atoms with van der Waals surface area (Å²) in [4.78, 5) is 29.4. The Morgan fingerprint density at radius 3 is 2.50 bits per heavy atom. The van der Waals surface area contributed by atoms with Gasteiger partial charge in [-0.15, -0.1) is 0 Å². The van der Waals surface area contributed by atoms with Crippen molar-refractivity contribution in [2.75, 3.05) is 46.3 Å². The van der Waals surface area contributed by atoms with E-state index in [2.05, 4.69) is 16.8 Å². The highest BCUT2D eigenvalue weighted by Gasteiger charge is 2.31. The number of rotatable bonds is 3. The molecule has 2 amide bonds. The van der Waals surface area contributed by atoms with Crippen LogP contribution in [0.5, 0.6) is 0 Å². The second-order valence-electron chi connectivity index (χ2n) is 5.17. The van der Waals surface area contributed by atoms with Crippen molar-refractivity contribution < 1.29 is 9.59 Å². The van der Waals surface area contributed by atoms with Crippen molar-refractivity contribution in [3.8, 4) is 0 Å². The minimum absolute atomic E-state index is 0.0733. The topological polar surface area (TPSA) is 69.9 Å². The fourth-order valence-corrected chi connectivity index (χ4v) is 2.41. The molecule has 0 aromatic carbocycles. The average molecular weight is 254 g/mol. The molecule has 0 bridgehead atoms. The van der Waals surface area contributed by atoms with Crippen molar-refractivity contribution >= 4 is 11.8 Å². The Labute approximate surface area is 108 Å². The number of imide groups is 1. The van der Waals surface area contributed by atoms with Crippen LogP contribution in [0.4, 0.5) is 0 Å². The molecule has 6 heteroatoms. The third kappa shape index (κ3) is 3.07. The predicted molar refractivity (Wildman–Crippen MR) is 67.9 cm³/mol. The van der Waals surface area contributed by atoms with Crippen LogP contribution in [0.25, 0.3) is 0 Å². The van der Waals surface area contributed by atoms with Gasteiger partial charge in [0.25, 0.3) is 0 Å². The standard InChI is InChI=1S/C12H22N4O2/c1-14-4-6-15(7-5-14)8-9-16-11(17)3-2-10(13)12(16)18/h10H,2-9,13H2,1H3. The molecular weight excluding hydrogens is 232 g/mol. The maximum Gasteiger partial charge on any atom is 0.246 e. The summed E-state index contributed by atoms with van der Waals surface area (Å²) >= 11 is 0. The predicted octanol–water partition coefficient (Wildman–Crippen LogP) is -1.29. The van der Waals surface area contributed by atoms with E-state index in [0.717, 1.165) is 32.7 Å². The average Bonchev–Trinajstić information content (AvgIpc) is 2.36. The monoisotopic (exact) mass is 254 g/mol. The van der Waals surface area contributed by atoms with E-state index >= 15 is 0 Å². The van der Waals surface area contributed by atoms with E-state index in [1.165, 1.54) is 4.90 Å². The molecule has 6 nitrogen and oxygen atoms in total. The molecule has 2 heterocycles. The summed E-state index contributed by atoms with van der Waals surface area (Å²) < 4.78 is 0. The van der Waals surface area contributed by atoms with Crippen molar-refractivity contribution in [2.45, 2.75) is 18.9 Å². The van der Waals surface area contributed by atoms with E-state index in [4.69, 9.17) is 5.73 Å². The zero-order valence-electron chi connectivity index (χ0n) is 11.0. The third-order valence-electron chi connectivity index (χ3n) is 3.79. The normalized spacial score (nSPS) is 27.9. The highest BCUT2D eigenvalue weighted by Crippen LogP contribution is 2.11. The number of piperazine rings is 1. The zero-order valence-corrected chi connectivity index (χ0v) is 11.0. The van der Waals surface area contributed by atoms with E-state index in [1.54, 1.807) is 0 Å². The van der Waals surface area contributed by atoms with Crippen LogP contribution in [0.3, 0.4) is 0 Å². The Kier molecular flexibility index (Phi) is 4.31. The molecule has 102 valence electrons. The Morgan fingerprint density at radius 1 is 1.17 bits per heavy atom. The lowest BCUT2D eigenvalue weighted by atomic mass is 10.1. The molecular formula is C12H22N4O2. The number of hydrogen-bond acceptors (Lipinski definition) is 5. The fourth-order valence-electron chi connectivity index (χ4n) is 2.41. The van der Waals surface area contributed by atoms with Gasteiger partial charge >= 0.3 is 0 Å². The molecule has 0 spiro atoms. The molecule has 0 radical (unpaired) electrons. The van der Waals surface area contributed by atoms with Gasteiger partial charge in [0.1, 0.15) is 0 Å². The highest BCUT2D eigenvalue weighted by atomic mass is 16.2. The summed E-state index contributed by atoms with van der Waals surface area (Å²) in [7, 11) is 2.11. The lowest BCUT2D eigenvalue weighted by Gasteiger charge is -2.35. The molecule has 2 rings (SSSR count). The van der Waals surface area contributed by atoms with Gasteiger partial charge in [0.2, 0.25) is 11.8 Å². The van der Waals surface area contributed by atoms with Gasteiger partial charge in [0.05, 0.1) is 6.04 Å². The van der Waals surface area contributed by atoms with Crippen LogP contribution < -0.4 is 5.73 Å². The number of likely N-dealkylation sites (tertiary alicyclic amines) is 1. The number of carbonyl (C=O) groups excluding carboxylic acids is 2. The Bertz CT molecular complexity index is 326. The van der Waals surface area contributed by atoms with E-state index in [1.807, 2.05) is 0 Å². The lowest BCUT2D eigenvalue weighted by Crippen LogP contribution is -2.54. The first-order chi connectivity index (χ1) is 8.58. The zero-order chi connectivity index (χ0) is 13.1. The maximum atomic E-state index is 11.8. The molecule has 2 aliphatic heterocycles. The lowest BCUT2D eigenvalue weighted by molar-refractivity contribution is -0.149. The van der Waals surface area contributed by atoms with Gasteiger partial charge < -0.3 is 10.6 Å². The summed E-state index contributed by atoms with van der Waals surface area (Å²) in [6.45, 7) is 5.33. The number of nitrogens with zero attached hydrogens (tertiary/aromatic N) is 3. The molecule has 0 aliphatic carbocycles. The van der Waals surface area contributed by atoms with Gasteiger partial charge in [0, 0.05) is 45.7 Å². The first-order valence-corrected chi connectivity index (χ1v) is 6.58. The van der Waals surface area contributed by atoms with Crippen LogP contribution in [0, 0.1) is 0 Å². The smallest absolute Gasteiger partial charge is 0.246 e. The Morgan fingerprint density at radius 2 is 1.83 bits per heavy atom. The molecule has 2 aliphatic rings. The van der Waals surface area contributed by atoms with Crippen LogP contribution in [-0.4, -0.2) is 78.9 Å². The number of nitrogens with two attached hydrogens (primary N) is 1. The quantitative estimate of drug-likeness (QED) is 0.635. The van der Waals surface area contributed by atoms with Crippen molar-refractivity contribution in [3.63, 3.8) is 0 Å². The number of carbonyl (C=O) groups is 2. The van der Waals surface area contributed by atoms with Gasteiger partial charge in [-0.3, -0.25) is 19.4 Å². The summed E-state index contributed by atoms with van der Waals surface area (Å²) in [5.41, 5.74) is 5.69. The minimum Gasteiger partial charge on any atom is -0.320 e. The number of amides is 2. The first kappa shape index (κ1) is 13.5. The van der Waals surface area contributed by atoms with Crippen LogP contribution in [0.2, 0.25) is 0 Å². The highest BCUT2D eigenvalue weighted by molar-refractivity contribution is 6.00. The SMILES string of the molecule is CN1CCN(CCN2C(=O)CCC(N)C2=O)CC1. The van der Waals surface area contributed by atoms with Gasteiger partial charge in [-0.2, -0.15) is 0 Å². The molecule has 2 N–H and O–H groups in total. The molecule has 0 aromatic rings. The Balaban J connectivity index is 1.81. The first-order valence-electron chi connectivity index (χ1n) is 6.58. The van der Waals surface area contributed by atoms with E-state index < -0.39 is 6.04 Å². The van der Waals surface area contributed by atoms with Crippen LogP contribution >= 0.6 is 0 Å². The fraction of sp³-hybridized carbons (Fsp3) is 0.833. The summed E-state index contributed by atoms with van der Waals surface area (Å²) in [6, 6.07) is -0.491. The van der Waals surface area contributed by atoms with Gasteiger partial charge in [0.15, 0.2) is 0 Å². The molecule has 0 aromatic heterocycles. The van der Waals surface area contributed by atoms with Crippen molar-refractivity contribution in [1.82, 2.24) is 14.7 Å². The van der Waals surface area contributed by atoms with Crippen molar-refractivity contribution in [3.05, 3.63) is 0 Å². The third-order valence-corrected chi connectivity index (χ3v) is 3.79. The second kappa shape index (κ2) is 5.77. The van der Waals surface area contributed by atoms with E-state index in [0.29, 0.717) is 19.4 Å². The molecule has 0 saturated carbocycles. The largest absolute Gasteiger partial charge is 0.320 e. The van der Waals surface area contributed by atoms with Gasteiger partial charge in [-0.1, -0.05) is 0 Å². The molecule has 2 fully saturated rings. The van der Waals surface area contributed by atoms with Crippen molar-refractivity contribution in [2.24, 2.45) is 5.73 Å². The summed E-state index contributed by atoms with van der Waals surface area (Å²) in [5, 5.41) is 0. The van der Waals surface area contributed by atoms with E-state index in [-0.39, 0.29) is 11.8 Å².